The summed E-state index contributed by atoms with van der Waals surface area (Å²) in [7, 11) is 1.72. The lowest BCUT2D eigenvalue weighted by Crippen LogP contribution is -2.37. The van der Waals surface area contributed by atoms with Crippen molar-refractivity contribution in [3.63, 3.8) is 0 Å². The van der Waals surface area contributed by atoms with E-state index in [2.05, 4.69) is 10.3 Å². The third-order valence-electron chi connectivity index (χ3n) is 3.50. The first-order chi connectivity index (χ1) is 10.5. The number of carboxylic acids is 1. The Bertz CT molecular complexity index is 551. The number of aliphatic carboxylic acids is 1. The van der Waals surface area contributed by atoms with Gasteiger partial charge in [0.25, 0.3) is 5.91 Å². The Morgan fingerprint density at radius 2 is 2.18 bits per heavy atom. The van der Waals surface area contributed by atoms with Gasteiger partial charge in [0.1, 0.15) is 5.82 Å². The minimum atomic E-state index is -0.945. The number of carbonyl (C=O) groups excluding carboxylic acids is 1. The summed E-state index contributed by atoms with van der Waals surface area (Å²) >= 11 is 0. The van der Waals surface area contributed by atoms with E-state index in [9.17, 15) is 14.7 Å². The molecule has 0 spiro atoms. The predicted molar refractivity (Wildman–Crippen MR) is 79.8 cm³/mol. The molecule has 1 aromatic heterocycles. The lowest BCUT2D eigenvalue weighted by atomic mass is 10.2. The smallest absolute Gasteiger partial charge is 0.317 e. The first-order valence-corrected chi connectivity index (χ1v) is 7.05. The van der Waals surface area contributed by atoms with Crippen LogP contribution in [0, 0.1) is 0 Å². The van der Waals surface area contributed by atoms with E-state index < -0.39 is 12.1 Å². The van der Waals surface area contributed by atoms with Gasteiger partial charge in [-0.05, 0) is 12.1 Å². The largest absolute Gasteiger partial charge is 0.480 e. The molecule has 3 N–H and O–H groups in total. The van der Waals surface area contributed by atoms with Gasteiger partial charge in [-0.25, -0.2) is 4.98 Å². The number of β-amino-alcohol motifs (C(OH)–C–C–N with tert-alkyl or cyclic N) is 1. The van der Waals surface area contributed by atoms with Gasteiger partial charge < -0.3 is 20.4 Å². The summed E-state index contributed by atoms with van der Waals surface area (Å²) in [6.45, 7) is 1.08. The third-order valence-corrected chi connectivity index (χ3v) is 3.50. The average Bonchev–Trinajstić information content (AvgIpc) is 2.67. The minimum Gasteiger partial charge on any atom is -0.480 e. The van der Waals surface area contributed by atoms with Crippen LogP contribution in [-0.2, 0) is 4.79 Å². The van der Waals surface area contributed by atoms with Crippen molar-refractivity contribution in [1.82, 2.24) is 14.8 Å². The van der Waals surface area contributed by atoms with Gasteiger partial charge in [0.2, 0.25) is 0 Å². The second-order valence-corrected chi connectivity index (χ2v) is 5.21. The number of amides is 1. The predicted octanol–water partition coefficient (Wildman–Crippen LogP) is -0.673. The van der Waals surface area contributed by atoms with E-state index in [1.807, 2.05) is 0 Å². The number of hydrogen-bond acceptors (Lipinski definition) is 6. The number of hydrogen-bond donors (Lipinski definition) is 3. The van der Waals surface area contributed by atoms with Crippen molar-refractivity contribution in [2.75, 3.05) is 45.1 Å². The number of aromatic nitrogens is 1. The van der Waals surface area contributed by atoms with Crippen LogP contribution in [-0.4, -0.2) is 82.7 Å². The number of rotatable bonds is 4. The lowest BCUT2D eigenvalue weighted by molar-refractivity contribution is -0.138. The summed E-state index contributed by atoms with van der Waals surface area (Å²) in [5, 5.41) is 21.7. The number of carboxylic acid groups (broad SMARTS) is 1. The Labute approximate surface area is 128 Å². The van der Waals surface area contributed by atoms with Crippen LogP contribution in [0.4, 0.5) is 5.82 Å². The number of pyridine rings is 1. The number of aliphatic hydroxyl groups excluding tert-OH is 1. The van der Waals surface area contributed by atoms with Crippen LogP contribution < -0.4 is 5.32 Å². The highest BCUT2D eigenvalue weighted by atomic mass is 16.4. The molecule has 0 aromatic carbocycles. The monoisotopic (exact) mass is 308 g/mol. The van der Waals surface area contributed by atoms with Crippen molar-refractivity contribution < 1.29 is 19.8 Å². The Morgan fingerprint density at radius 1 is 1.41 bits per heavy atom. The Morgan fingerprint density at radius 3 is 2.86 bits per heavy atom. The Balaban J connectivity index is 2.07. The lowest BCUT2D eigenvalue weighted by Gasteiger charge is -2.22. The highest BCUT2D eigenvalue weighted by Gasteiger charge is 2.26. The molecule has 1 aliphatic rings. The van der Waals surface area contributed by atoms with E-state index in [0.717, 1.165) is 0 Å². The van der Waals surface area contributed by atoms with Crippen molar-refractivity contribution in [2.45, 2.75) is 6.10 Å². The summed E-state index contributed by atoms with van der Waals surface area (Å²) < 4.78 is 0. The highest BCUT2D eigenvalue weighted by Crippen LogP contribution is 2.12. The maximum Gasteiger partial charge on any atom is 0.317 e. The molecule has 8 heteroatoms. The quantitative estimate of drug-likeness (QED) is 0.677. The fraction of sp³-hybridized carbons (Fsp3) is 0.500. The SMILES string of the molecule is CNc1cc(C(=O)N2CCN(CC(=O)O)CC(O)C2)ccn1. The molecule has 2 rings (SSSR count). The molecule has 1 aliphatic heterocycles. The molecule has 22 heavy (non-hydrogen) atoms. The second kappa shape index (κ2) is 7.19. The Hall–Kier alpha value is -2.19. The van der Waals surface area contributed by atoms with Crippen LogP contribution in [0.25, 0.3) is 0 Å². The van der Waals surface area contributed by atoms with E-state index in [-0.39, 0.29) is 25.5 Å². The fourth-order valence-electron chi connectivity index (χ4n) is 2.46. The van der Waals surface area contributed by atoms with Gasteiger partial charge in [-0.15, -0.1) is 0 Å². The maximum absolute atomic E-state index is 12.5. The molecule has 1 atom stereocenters. The summed E-state index contributed by atoms with van der Waals surface area (Å²) in [6, 6.07) is 3.27. The number of carbonyl (C=O) groups is 2. The van der Waals surface area contributed by atoms with Crippen LogP contribution in [0.1, 0.15) is 10.4 Å². The van der Waals surface area contributed by atoms with Gasteiger partial charge >= 0.3 is 5.97 Å². The maximum atomic E-state index is 12.5. The third kappa shape index (κ3) is 4.15. The van der Waals surface area contributed by atoms with Gasteiger partial charge in [-0.3, -0.25) is 14.5 Å². The molecule has 1 unspecified atom stereocenters. The molecule has 0 aliphatic carbocycles. The van der Waals surface area contributed by atoms with Gasteiger partial charge in [0.05, 0.1) is 12.6 Å². The molecular weight excluding hydrogens is 288 g/mol. The molecule has 1 amide bonds. The van der Waals surface area contributed by atoms with Crippen molar-refractivity contribution in [3.8, 4) is 0 Å². The highest BCUT2D eigenvalue weighted by molar-refractivity contribution is 5.94. The molecule has 1 fully saturated rings. The van der Waals surface area contributed by atoms with Crippen LogP contribution in [0.3, 0.4) is 0 Å². The fourth-order valence-corrected chi connectivity index (χ4v) is 2.46. The molecule has 120 valence electrons. The summed E-state index contributed by atoms with van der Waals surface area (Å²) in [5.74, 6) is -0.552. The molecular formula is C14H20N4O4. The standard InChI is InChI=1S/C14H20N4O4/c1-15-12-6-10(2-3-16-12)14(22)18-5-4-17(9-13(20)21)7-11(19)8-18/h2-3,6,11,19H,4-5,7-9H2,1H3,(H,15,16)(H,20,21). The summed E-state index contributed by atoms with van der Waals surface area (Å²) in [5.41, 5.74) is 0.484. The molecule has 0 saturated carbocycles. The van der Waals surface area contributed by atoms with E-state index in [1.165, 1.54) is 0 Å². The first kappa shape index (κ1) is 16.2. The van der Waals surface area contributed by atoms with E-state index in [4.69, 9.17) is 5.11 Å². The van der Waals surface area contributed by atoms with E-state index in [1.54, 1.807) is 35.2 Å². The number of nitrogens with zero attached hydrogens (tertiary/aromatic N) is 3. The number of aliphatic hydroxyl groups is 1. The second-order valence-electron chi connectivity index (χ2n) is 5.21. The number of nitrogens with one attached hydrogen (secondary N) is 1. The van der Waals surface area contributed by atoms with Crippen LogP contribution in [0.15, 0.2) is 18.3 Å². The van der Waals surface area contributed by atoms with E-state index >= 15 is 0 Å². The Kier molecular flexibility index (Phi) is 5.29. The number of anilines is 1. The molecule has 1 aromatic rings. The summed E-state index contributed by atoms with van der Waals surface area (Å²) in [4.78, 5) is 30.5. The van der Waals surface area contributed by atoms with Crippen molar-refractivity contribution in [2.24, 2.45) is 0 Å². The molecule has 0 radical (unpaired) electrons. The zero-order chi connectivity index (χ0) is 16.1. The van der Waals surface area contributed by atoms with Crippen LogP contribution in [0.2, 0.25) is 0 Å². The zero-order valence-electron chi connectivity index (χ0n) is 12.4. The average molecular weight is 308 g/mol. The van der Waals surface area contributed by atoms with Gasteiger partial charge in [-0.1, -0.05) is 0 Å². The summed E-state index contributed by atoms with van der Waals surface area (Å²) in [6.07, 6.45) is 0.778. The molecule has 8 nitrogen and oxygen atoms in total. The van der Waals surface area contributed by atoms with Crippen molar-refractivity contribution >= 4 is 17.7 Å². The normalized spacial score (nSPS) is 19.5. The minimum absolute atomic E-state index is 0.141. The molecule has 2 heterocycles. The van der Waals surface area contributed by atoms with Gasteiger partial charge in [-0.2, -0.15) is 0 Å². The van der Waals surface area contributed by atoms with E-state index in [0.29, 0.717) is 24.5 Å². The van der Waals surface area contributed by atoms with Gasteiger partial charge in [0, 0.05) is 45.0 Å². The van der Waals surface area contributed by atoms with Crippen LogP contribution >= 0.6 is 0 Å². The van der Waals surface area contributed by atoms with Crippen molar-refractivity contribution in [3.05, 3.63) is 23.9 Å². The first-order valence-electron chi connectivity index (χ1n) is 7.05. The topological polar surface area (TPSA) is 106 Å². The molecule has 0 bridgehead atoms. The van der Waals surface area contributed by atoms with Gasteiger partial charge in [0.15, 0.2) is 0 Å². The van der Waals surface area contributed by atoms with Crippen LogP contribution in [0.5, 0.6) is 0 Å². The van der Waals surface area contributed by atoms with Crippen molar-refractivity contribution in [1.29, 1.82) is 0 Å². The molecule has 1 saturated heterocycles. The zero-order valence-corrected chi connectivity index (χ0v) is 12.4.